The van der Waals surface area contributed by atoms with Gasteiger partial charge < -0.3 is 5.32 Å². The van der Waals surface area contributed by atoms with Crippen molar-refractivity contribution in [2.75, 3.05) is 11.1 Å². The number of rotatable bonds is 6. The summed E-state index contributed by atoms with van der Waals surface area (Å²) in [7, 11) is 0. The fourth-order valence-electron chi connectivity index (χ4n) is 3.07. The Bertz CT molecular complexity index is 1270. The average Bonchev–Trinajstić information content (AvgIpc) is 3.19. The Morgan fingerprint density at radius 3 is 2.47 bits per heavy atom. The Morgan fingerprint density at radius 1 is 0.969 bits per heavy atom. The van der Waals surface area contributed by atoms with Crippen molar-refractivity contribution in [2.24, 2.45) is 0 Å². The van der Waals surface area contributed by atoms with E-state index in [0.29, 0.717) is 31.7 Å². The molecule has 162 valence electrons. The van der Waals surface area contributed by atoms with Gasteiger partial charge in [0, 0.05) is 21.3 Å². The lowest BCUT2D eigenvalue weighted by Crippen LogP contribution is -2.15. The van der Waals surface area contributed by atoms with Crippen LogP contribution in [0.2, 0.25) is 15.1 Å². The Labute approximate surface area is 204 Å². The standard InChI is InChI=1S/C23H17Cl3N4OS/c1-14-3-2-4-15(11-14)22-28-29-23(30(22)18-8-5-16(24)6-9-18)32-13-21(31)27-20-12-17(25)7-10-19(20)26/h2-12H,13H2,1H3,(H,27,31). The minimum Gasteiger partial charge on any atom is -0.324 e. The SMILES string of the molecule is Cc1cccc(-c2nnc(SCC(=O)Nc3cc(Cl)ccc3Cl)n2-c2ccc(Cl)cc2)c1. The highest BCUT2D eigenvalue weighted by molar-refractivity contribution is 7.99. The van der Waals surface area contributed by atoms with Crippen LogP contribution in [0.3, 0.4) is 0 Å². The molecule has 0 unspecified atom stereocenters. The van der Waals surface area contributed by atoms with Crippen molar-refractivity contribution < 1.29 is 4.79 Å². The first kappa shape index (κ1) is 22.7. The van der Waals surface area contributed by atoms with E-state index in [4.69, 9.17) is 34.8 Å². The Morgan fingerprint density at radius 2 is 1.72 bits per heavy atom. The molecule has 32 heavy (non-hydrogen) atoms. The molecular weight excluding hydrogens is 487 g/mol. The van der Waals surface area contributed by atoms with Gasteiger partial charge in [0.05, 0.1) is 16.5 Å². The number of anilines is 1. The Kier molecular flexibility index (Phi) is 7.06. The summed E-state index contributed by atoms with van der Waals surface area (Å²) in [6.07, 6.45) is 0. The van der Waals surface area contributed by atoms with Gasteiger partial charge in [0.1, 0.15) is 0 Å². The number of benzene rings is 3. The summed E-state index contributed by atoms with van der Waals surface area (Å²) in [5.41, 5.74) is 3.34. The van der Waals surface area contributed by atoms with Crippen molar-refractivity contribution >= 4 is 58.2 Å². The Balaban J connectivity index is 1.61. The average molecular weight is 504 g/mol. The van der Waals surface area contributed by atoms with Crippen LogP contribution in [0.15, 0.2) is 71.9 Å². The lowest BCUT2D eigenvalue weighted by molar-refractivity contribution is -0.113. The summed E-state index contributed by atoms with van der Waals surface area (Å²) in [6, 6.07) is 20.3. The summed E-state index contributed by atoms with van der Waals surface area (Å²) in [5.74, 6) is 0.557. The molecule has 0 fully saturated rings. The van der Waals surface area contributed by atoms with Crippen LogP contribution in [0.5, 0.6) is 0 Å². The molecule has 0 atom stereocenters. The molecule has 0 radical (unpaired) electrons. The predicted molar refractivity (Wildman–Crippen MR) is 132 cm³/mol. The normalized spacial score (nSPS) is 10.9. The summed E-state index contributed by atoms with van der Waals surface area (Å²) in [5, 5.41) is 13.6. The molecule has 1 aromatic heterocycles. The molecule has 0 aliphatic carbocycles. The number of hydrogen-bond acceptors (Lipinski definition) is 4. The topological polar surface area (TPSA) is 59.8 Å². The highest BCUT2D eigenvalue weighted by Gasteiger charge is 2.18. The fraction of sp³-hybridized carbons (Fsp3) is 0.0870. The monoisotopic (exact) mass is 502 g/mol. The van der Waals surface area contributed by atoms with E-state index < -0.39 is 0 Å². The number of aryl methyl sites for hydroxylation is 1. The van der Waals surface area contributed by atoms with E-state index in [0.717, 1.165) is 16.8 Å². The smallest absolute Gasteiger partial charge is 0.234 e. The minimum absolute atomic E-state index is 0.113. The molecule has 4 rings (SSSR count). The lowest BCUT2D eigenvalue weighted by Gasteiger charge is -2.11. The van der Waals surface area contributed by atoms with Crippen LogP contribution in [0.25, 0.3) is 17.1 Å². The minimum atomic E-state index is -0.234. The van der Waals surface area contributed by atoms with Crippen LogP contribution in [0.1, 0.15) is 5.56 Å². The van der Waals surface area contributed by atoms with E-state index in [2.05, 4.69) is 15.5 Å². The molecule has 0 saturated carbocycles. The molecule has 0 saturated heterocycles. The first-order chi connectivity index (χ1) is 15.4. The summed E-state index contributed by atoms with van der Waals surface area (Å²) >= 11 is 19.5. The maximum absolute atomic E-state index is 12.6. The third kappa shape index (κ3) is 5.27. The second kappa shape index (κ2) is 9.96. The third-order valence-corrected chi connectivity index (χ3v) is 6.27. The first-order valence-corrected chi connectivity index (χ1v) is 11.7. The van der Waals surface area contributed by atoms with Gasteiger partial charge in [-0.05, 0) is 55.5 Å². The van der Waals surface area contributed by atoms with Crippen molar-refractivity contribution in [3.05, 3.63) is 87.4 Å². The molecule has 4 aromatic rings. The number of aromatic nitrogens is 3. The predicted octanol–water partition coefficient (Wildman–Crippen LogP) is 6.93. The molecular formula is C23H17Cl3N4OS. The van der Waals surface area contributed by atoms with Gasteiger partial charge in [0.25, 0.3) is 0 Å². The number of halogens is 3. The number of amides is 1. The van der Waals surface area contributed by atoms with Gasteiger partial charge in [-0.1, -0.05) is 70.3 Å². The number of hydrogen-bond donors (Lipinski definition) is 1. The number of carbonyl (C=O) groups excluding carboxylic acids is 1. The van der Waals surface area contributed by atoms with Gasteiger partial charge in [0.15, 0.2) is 11.0 Å². The maximum Gasteiger partial charge on any atom is 0.234 e. The van der Waals surface area contributed by atoms with Gasteiger partial charge in [-0.3, -0.25) is 9.36 Å². The zero-order valence-electron chi connectivity index (χ0n) is 16.8. The van der Waals surface area contributed by atoms with E-state index in [9.17, 15) is 4.79 Å². The van der Waals surface area contributed by atoms with Gasteiger partial charge in [0.2, 0.25) is 5.91 Å². The van der Waals surface area contributed by atoms with Crippen molar-refractivity contribution in [1.29, 1.82) is 0 Å². The van der Waals surface area contributed by atoms with Crippen LogP contribution in [0.4, 0.5) is 5.69 Å². The van der Waals surface area contributed by atoms with Crippen LogP contribution in [0, 0.1) is 6.92 Å². The highest BCUT2D eigenvalue weighted by atomic mass is 35.5. The third-order valence-electron chi connectivity index (χ3n) is 4.53. The van der Waals surface area contributed by atoms with Crippen molar-refractivity contribution in [2.45, 2.75) is 12.1 Å². The van der Waals surface area contributed by atoms with Crippen LogP contribution in [-0.2, 0) is 4.79 Å². The first-order valence-electron chi connectivity index (χ1n) is 9.57. The number of carbonyl (C=O) groups is 1. The second-order valence-corrected chi connectivity index (χ2v) is 9.17. The fourth-order valence-corrected chi connectivity index (χ4v) is 4.28. The van der Waals surface area contributed by atoms with Gasteiger partial charge >= 0.3 is 0 Å². The molecule has 0 bridgehead atoms. The van der Waals surface area contributed by atoms with Crippen molar-refractivity contribution in [1.82, 2.24) is 14.8 Å². The molecule has 5 nitrogen and oxygen atoms in total. The Hall–Kier alpha value is -2.51. The molecule has 1 heterocycles. The van der Waals surface area contributed by atoms with Gasteiger partial charge in [-0.25, -0.2) is 0 Å². The number of thioether (sulfide) groups is 1. The van der Waals surface area contributed by atoms with E-state index in [1.807, 2.05) is 47.9 Å². The quantitative estimate of drug-likeness (QED) is 0.290. The van der Waals surface area contributed by atoms with Crippen LogP contribution < -0.4 is 5.32 Å². The van der Waals surface area contributed by atoms with E-state index in [1.54, 1.807) is 30.3 Å². The zero-order chi connectivity index (χ0) is 22.7. The largest absolute Gasteiger partial charge is 0.324 e. The molecule has 0 spiro atoms. The van der Waals surface area contributed by atoms with E-state index in [-0.39, 0.29) is 11.7 Å². The number of nitrogens with zero attached hydrogens (tertiary/aromatic N) is 3. The molecule has 1 N–H and O–H groups in total. The van der Waals surface area contributed by atoms with Gasteiger partial charge in [-0.15, -0.1) is 10.2 Å². The van der Waals surface area contributed by atoms with Gasteiger partial charge in [-0.2, -0.15) is 0 Å². The van der Waals surface area contributed by atoms with E-state index >= 15 is 0 Å². The van der Waals surface area contributed by atoms with E-state index in [1.165, 1.54) is 11.8 Å². The van der Waals surface area contributed by atoms with Crippen molar-refractivity contribution in [3.63, 3.8) is 0 Å². The zero-order valence-corrected chi connectivity index (χ0v) is 19.9. The maximum atomic E-state index is 12.6. The summed E-state index contributed by atoms with van der Waals surface area (Å²) in [6.45, 7) is 2.02. The molecule has 1 amide bonds. The number of nitrogens with one attached hydrogen (secondary N) is 1. The summed E-state index contributed by atoms with van der Waals surface area (Å²) < 4.78 is 1.91. The molecule has 9 heteroatoms. The second-order valence-electron chi connectivity index (χ2n) is 6.95. The van der Waals surface area contributed by atoms with Crippen LogP contribution >= 0.6 is 46.6 Å². The van der Waals surface area contributed by atoms with Crippen molar-refractivity contribution in [3.8, 4) is 17.1 Å². The molecule has 3 aromatic carbocycles. The molecule has 0 aliphatic rings. The highest BCUT2D eigenvalue weighted by Crippen LogP contribution is 2.30. The van der Waals surface area contributed by atoms with Crippen LogP contribution in [-0.4, -0.2) is 26.4 Å². The lowest BCUT2D eigenvalue weighted by atomic mass is 10.1. The molecule has 0 aliphatic heterocycles. The summed E-state index contributed by atoms with van der Waals surface area (Å²) in [4.78, 5) is 12.6.